The Morgan fingerprint density at radius 1 is 1.38 bits per heavy atom. The molecule has 0 aliphatic carbocycles. The molecule has 1 aliphatic rings. The van der Waals surface area contributed by atoms with Crippen LogP contribution in [0.15, 0.2) is 11.6 Å². The van der Waals surface area contributed by atoms with Crippen LogP contribution in [0.5, 0.6) is 0 Å². The fourth-order valence-corrected chi connectivity index (χ4v) is 1.20. The summed E-state index contributed by atoms with van der Waals surface area (Å²) in [6.07, 6.45) is 3.81. The Morgan fingerprint density at radius 3 is 2.69 bits per heavy atom. The quantitative estimate of drug-likeness (QED) is 0.495. The first-order valence-corrected chi connectivity index (χ1v) is 4.29. The molecule has 0 unspecified atom stereocenters. The van der Waals surface area contributed by atoms with E-state index in [1.807, 2.05) is 0 Å². The molecule has 0 atom stereocenters. The number of hydrogen-bond acceptors (Lipinski definition) is 3. The molecule has 0 radical (unpaired) electrons. The normalized spacial score (nSPS) is 15.9. The van der Waals surface area contributed by atoms with Crippen molar-refractivity contribution in [2.75, 3.05) is 13.7 Å². The highest BCUT2D eigenvalue weighted by atomic mass is 16.5. The third-order valence-electron chi connectivity index (χ3n) is 1.88. The molecule has 2 amide bonds. The van der Waals surface area contributed by atoms with Crippen molar-refractivity contribution in [2.24, 2.45) is 0 Å². The lowest BCUT2D eigenvalue weighted by atomic mass is 10.1. The van der Waals surface area contributed by atoms with Gasteiger partial charge in [0.25, 0.3) is 11.8 Å². The zero-order chi connectivity index (χ0) is 9.68. The van der Waals surface area contributed by atoms with Crippen molar-refractivity contribution in [3.05, 3.63) is 11.6 Å². The molecule has 0 fully saturated rings. The lowest BCUT2D eigenvalue weighted by molar-refractivity contribution is -0.123. The standard InChI is InChI=1S/C9H13NO3/c1-13-5-3-2-4-7-6-8(11)10-9(7)12/h6H,2-5H2,1H3,(H,10,11,12). The zero-order valence-electron chi connectivity index (χ0n) is 7.63. The van der Waals surface area contributed by atoms with Crippen LogP contribution < -0.4 is 5.32 Å². The van der Waals surface area contributed by atoms with Gasteiger partial charge in [-0.05, 0) is 19.3 Å². The maximum Gasteiger partial charge on any atom is 0.254 e. The Morgan fingerprint density at radius 2 is 2.15 bits per heavy atom. The van der Waals surface area contributed by atoms with Crippen LogP contribution in [0.2, 0.25) is 0 Å². The van der Waals surface area contributed by atoms with E-state index in [4.69, 9.17) is 4.74 Å². The monoisotopic (exact) mass is 183 g/mol. The first-order chi connectivity index (χ1) is 6.24. The van der Waals surface area contributed by atoms with Crippen molar-refractivity contribution >= 4 is 11.8 Å². The molecule has 1 N–H and O–H groups in total. The van der Waals surface area contributed by atoms with Crippen LogP contribution in [0, 0.1) is 0 Å². The highest BCUT2D eigenvalue weighted by Crippen LogP contribution is 2.11. The van der Waals surface area contributed by atoms with Crippen molar-refractivity contribution in [1.82, 2.24) is 5.32 Å². The van der Waals surface area contributed by atoms with Crippen LogP contribution >= 0.6 is 0 Å². The summed E-state index contributed by atoms with van der Waals surface area (Å²) >= 11 is 0. The first kappa shape index (κ1) is 9.92. The molecule has 1 heterocycles. The van der Waals surface area contributed by atoms with Crippen LogP contribution in [-0.2, 0) is 14.3 Å². The maximum absolute atomic E-state index is 11.0. The number of amides is 2. The summed E-state index contributed by atoms with van der Waals surface area (Å²) in [5.41, 5.74) is 0.584. The molecule has 0 saturated heterocycles. The predicted molar refractivity (Wildman–Crippen MR) is 47.0 cm³/mol. The molecule has 13 heavy (non-hydrogen) atoms. The number of carbonyl (C=O) groups is 2. The molecule has 4 nitrogen and oxygen atoms in total. The minimum absolute atomic E-state index is 0.248. The summed E-state index contributed by atoms with van der Waals surface area (Å²) in [6.45, 7) is 0.697. The summed E-state index contributed by atoms with van der Waals surface area (Å²) in [6, 6.07) is 0. The Labute approximate surface area is 76.9 Å². The van der Waals surface area contributed by atoms with Crippen LogP contribution in [0.4, 0.5) is 0 Å². The van der Waals surface area contributed by atoms with E-state index in [2.05, 4.69) is 5.32 Å². The second kappa shape index (κ2) is 4.77. The highest BCUT2D eigenvalue weighted by molar-refractivity contribution is 6.16. The molecule has 0 spiro atoms. The van der Waals surface area contributed by atoms with E-state index in [0.717, 1.165) is 12.8 Å². The lowest BCUT2D eigenvalue weighted by Gasteiger charge is -1.99. The minimum atomic E-state index is -0.299. The zero-order valence-corrected chi connectivity index (χ0v) is 7.63. The SMILES string of the molecule is COCCCCC1=CC(=O)NC1=O. The molecule has 0 aromatic rings. The molecule has 1 aliphatic heterocycles. The molecular formula is C9H13NO3. The second-order valence-corrected chi connectivity index (χ2v) is 2.94. The van der Waals surface area contributed by atoms with Crippen molar-refractivity contribution in [3.8, 4) is 0 Å². The highest BCUT2D eigenvalue weighted by Gasteiger charge is 2.19. The van der Waals surface area contributed by atoms with E-state index >= 15 is 0 Å². The first-order valence-electron chi connectivity index (χ1n) is 4.29. The number of ether oxygens (including phenoxy) is 1. The van der Waals surface area contributed by atoms with E-state index < -0.39 is 0 Å². The van der Waals surface area contributed by atoms with E-state index in [1.54, 1.807) is 7.11 Å². The lowest BCUT2D eigenvalue weighted by Crippen LogP contribution is -2.22. The average Bonchev–Trinajstić information content (AvgIpc) is 2.39. The Bertz CT molecular complexity index is 245. The Hall–Kier alpha value is -1.16. The average molecular weight is 183 g/mol. The van der Waals surface area contributed by atoms with Crippen molar-refractivity contribution in [1.29, 1.82) is 0 Å². The van der Waals surface area contributed by atoms with E-state index in [9.17, 15) is 9.59 Å². The number of methoxy groups -OCH3 is 1. The molecular weight excluding hydrogens is 170 g/mol. The molecule has 0 bridgehead atoms. The summed E-state index contributed by atoms with van der Waals surface area (Å²) < 4.78 is 4.87. The van der Waals surface area contributed by atoms with Crippen molar-refractivity contribution in [2.45, 2.75) is 19.3 Å². The van der Waals surface area contributed by atoms with Gasteiger partial charge in [0.15, 0.2) is 0 Å². The summed E-state index contributed by atoms with van der Waals surface area (Å²) in [5, 5.41) is 2.21. The van der Waals surface area contributed by atoms with Crippen molar-refractivity contribution < 1.29 is 14.3 Å². The number of hydrogen-bond donors (Lipinski definition) is 1. The topological polar surface area (TPSA) is 55.4 Å². The van der Waals surface area contributed by atoms with Gasteiger partial charge >= 0.3 is 0 Å². The number of imide groups is 1. The number of carbonyl (C=O) groups excluding carboxylic acids is 2. The van der Waals surface area contributed by atoms with Gasteiger partial charge < -0.3 is 4.74 Å². The van der Waals surface area contributed by atoms with Crippen LogP contribution in [0.25, 0.3) is 0 Å². The summed E-state index contributed by atoms with van der Waals surface area (Å²) in [5.74, 6) is -0.547. The van der Waals surface area contributed by atoms with Gasteiger partial charge in [-0.15, -0.1) is 0 Å². The third-order valence-corrected chi connectivity index (χ3v) is 1.88. The predicted octanol–water partition coefficient (Wildman–Crippen LogP) is 0.386. The van der Waals surface area contributed by atoms with Gasteiger partial charge in [-0.25, -0.2) is 0 Å². The van der Waals surface area contributed by atoms with E-state index in [1.165, 1.54) is 6.08 Å². The number of unbranched alkanes of at least 4 members (excludes halogenated alkanes) is 1. The van der Waals surface area contributed by atoms with Gasteiger partial charge in [-0.2, -0.15) is 0 Å². The molecule has 72 valence electrons. The molecule has 0 saturated carbocycles. The maximum atomic E-state index is 11.0. The number of nitrogens with one attached hydrogen (secondary N) is 1. The van der Waals surface area contributed by atoms with Gasteiger partial charge in [0.2, 0.25) is 0 Å². The van der Waals surface area contributed by atoms with E-state index in [-0.39, 0.29) is 11.8 Å². The van der Waals surface area contributed by atoms with Gasteiger partial charge in [0, 0.05) is 25.4 Å². The van der Waals surface area contributed by atoms with Gasteiger partial charge in [-0.3, -0.25) is 14.9 Å². The smallest absolute Gasteiger partial charge is 0.254 e. The largest absolute Gasteiger partial charge is 0.385 e. The molecule has 0 aromatic heterocycles. The fraction of sp³-hybridized carbons (Fsp3) is 0.556. The summed E-state index contributed by atoms with van der Waals surface area (Å²) in [4.78, 5) is 21.7. The number of rotatable bonds is 5. The second-order valence-electron chi connectivity index (χ2n) is 2.94. The minimum Gasteiger partial charge on any atom is -0.385 e. The van der Waals surface area contributed by atoms with E-state index in [0.29, 0.717) is 18.6 Å². The fourth-order valence-electron chi connectivity index (χ4n) is 1.20. The molecule has 4 heteroatoms. The van der Waals surface area contributed by atoms with Crippen molar-refractivity contribution in [3.63, 3.8) is 0 Å². The van der Waals surface area contributed by atoms with Gasteiger partial charge in [0.1, 0.15) is 0 Å². The Kier molecular flexibility index (Phi) is 3.64. The third kappa shape index (κ3) is 2.99. The molecule has 0 aromatic carbocycles. The van der Waals surface area contributed by atoms with Crippen LogP contribution in [0.1, 0.15) is 19.3 Å². The van der Waals surface area contributed by atoms with Crippen LogP contribution in [-0.4, -0.2) is 25.5 Å². The van der Waals surface area contributed by atoms with Crippen LogP contribution in [0.3, 0.4) is 0 Å². The van der Waals surface area contributed by atoms with Gasteiger partial charge in [0.05, 0.1) is 0 Å². The Balaban J connectivity index is 2.25. The molecule has 1 rings (SSSR count). The summed E-state index contributed by atoms with van der Waals surface area (Å²) in [7, 11) is 1.64. The van der Waals surface area contributed by atoms with Gasteiger partial charge in [-0.1, -0.05) is 0 Å².